The summed E-state index contributed by atoms with van der Waals surface area (Å²) in [6, 6.07) is 14.2. The zero-order valence-electron chi connectivity index (χ0n) is 18.9. The third-order valence-electron chi connectivity index (χ3n) is 4.92. The summed E-state index contributed by atoms with van der Waals surface area (Å²) >= 11 is 1.17. The fourth-order valence-electron chi connectivity index (χ4n) is 3.26. The standard InChI is InChI=1S/C25H21N3O6S/c1-3-33-25(31)22-17(15-8-10-16(32-2)11-9-15)14-35-23(22)28-21(29)13-34-24(30)20-12-26-18-6-4-5-7-19(18)27-20/h4-12,14H,3,13H2,1-2H3,(H,28,29). The van der Waals surface area contributed by atoms with Gasteiger partial charge in [-0.05, 0) is 36.8 Å². The largest absolute Gasteiger partial charge is 0.497 e. The maximum absolute atomic E-state index is 12.7. The summed E-state index contributed by atoms with van der Waals surface area (Å²) in [7, 11) is 1.57. The SMILES string of the molecule is CCOC(=O)c1c(-c2ccc(OC)cc2)csc1NC(=O)COC(=O)c1cnc2ccccc2n1. The van der Waals surface area contributed by atoms with Crippen LogP contribution >= 0.6 is 11.3 Å². The number of aromatic nitrogens is 2. The highest BCUT2D eigenvalue weighted by Crippen LogP contribution is 2.36. The van der Waals surface area contributed by atoms with Gasteiger partial charge in [-0.2, -0.15) is 0 Å². The van der Waals surface area contributed by atoms with E-state index in [1.807, 2.05) is 18.2 Å². The van der Waals surface area contributed by atoms with Crippen molar-refractivity contribution < 1.29 is 28.6 Å². The minimum Gasteiger partial charge on any atom is -0.497 e. The Morgan fingerprint density at radius 1 is 0.971 bits per heavy atom. The van der Waals surface area contributed by atoms with Gasteiger partial charge in [-0.25, -0.2) is 14.6 Å². The van der Waals surface area contributed by atoms with E-state index >= 15 is 0 Å². The van der Waals surface area contributed by atoms with E-state index in [-0.39, 0.29) is 17.9 Å². The second-order valence-corrected chi connectivity index (χ2v) is 8.05. The smallest absolute Gasteiger partial charge is 0.359 e. The van der Waals surface area contributed by atoms with Crippen molar-refractivity contribution >= 4 is 45.2 Å². The molecule has 2 aromatic heterocycles. The van der Waals surface area contributed by atoms with E-state index in [9.17, 15) is 14.4 Å². The highest BCUT2D eigenvalue weighted by Gasteiger charge is 2.23. The second-order valence-electron chi connectivity index (χ2n) is 7.17. The Bertz CT molecular complexity index is 1380. The predicted molar refractivity (Wildman–Crippen MR) is 131 cm³/mol. The van der Waals surface area contributed by atoms with Crippen molar-refractivity contribution in [2.75, 3.05) is 25.6 Å². The maximum Gasteiger partial charge on any atom is 0.359 e. The van der Waals surface area contributed by atoms with Gasteiger partial charge in [0.2, 0.25) is 0 Å². The van der Waals surface area contributed by atoms with Crippen LogP contribution in [0.4, 0.5) is 5.00 Å². The molecule has 35 heavy (non-hydrogen) atoms. The lowest BCUT2D eigenvalue weighted by atomic mass is 10.0. The lowest BCUT2D eigenvalue weighted by molar-refractivity contribution is -0.119. The molecule has 0 bridgehead atoms. The molecular weight excluding hydrogens is 470 g/mol. The number of ether oxygens (including phenoxy) is 3. The molecule has 1 N–H and O–H groups in total. The Labute approximate surface area is 204 Å². The Morgan fingerprint density at radius 2 is 1.71 bits per heavy atom. The fraction of sp³-hybridized carbons (Fsp3) is 0.160. The zero-order valence-corrected chi connectivity index (χ0v) is 19.8. The van der Waals surface area contributed by atoms with Crippen LogP contribution in [0.25, 0.3) is 22.2 Å². The van der Waals surface area contributed by atoms with E-state index in [1.165, 1.54) is 17.5 Å². The molecule has 0 saturated carbocycles. The number of hydrogen-bond acceptors (Lipinski definition) is 9. The van der Waals surface area contributed by atoms with Crippen LogP contribution in [-0.2, 0) is 14.3 Å². The number of methoxy groups -OCH3 is 1. The molecule has 0 fully saturated rings. The molecule has 0 aliphatic carbocycles. The number of fused-ring (bicyclic) bond motifs is 1. The van der Waals surface area contributed by atoms with Gasteiger partial charge in [0, 0.05) is 10.9 Å². The average molecular weight is 492 g/mol. The Hall–Kier alpha value is -4.31. The van der Waals surface area contributed by atoms with E-state index in [0.717, 1.165) is 5.56 Å². The van der Waals surface area contributed by atoms with Crippen LogP contribution in [0.5, 0.6) is 5.75 Å². The van der Waals surface area contributed by atoms with Crippen molar-refractivity contribution in [2.45, 2.75) is 6.92 Å². The molecule has 2 aromatic carbocycles. The van der Waals surface area contributed by atoms with Crippen molar-refractivity contribution in [3.63, 3.8) is 0 Å². The normalized spacial score (nSPS) is 10.6. The van der Waals surface area contributed by atoms with Gasteiger partial charge in [-0.15, -0.1) is 11.3 Å². The maximum atomic E-state index is 12.7. The highest BCUT2D eigenvalue weighted by molar-refractivity contribution is 7.15. The first-order valence-electron chi connectivity index (χ1n) is 10.6. The summed E-state index contributed by atoms with van der Waals surface area (Å²) in [5, 5.41) is 4.68. The lowest BCUT2D eigenvalue weighted by Crippen LogP contribution is -2.22. The topological polar surface area (TPSA) is 117 Å². The number of anilines is 1. The summed E-state index contributed by atoms with van der Waals surface area (Å²) in [6.07, 6.45) is 1.29. The van der Waals surface area contributed by atoms with Crippen molar-refractivity contribution in [3.05, 3.63) is 71.4 Å². The quantitative estimate of drug-likeness (QED) is 0.362. The molecule has 0 aliphatic rings. The molecule has 0 spiro atoms. The summed E-state index contributed by atoms with van der Waals surface area (Å²) in [4.78, 5) is 46.0. The fourth-order valence-corrected chi connectivity index (χ4v) is 4.24. The Morgan fingerprint density at radius 3 is 2.43 bits per heavy atom. The zero-order chi connectivity index (χ0) is 24.8. The molecule has 0 aliphatic heterocycles. The number of carbonyl (C=O) groups excluding carboxylic acids is 3. The van der Waals surface area contributed by atoms with Crippen LogP contribution in [-0.4, -0.2) is 48.1 Å². The molecule has 2 heterocycles. The predicted octanol–water partition coefficient (Wildman–Crippen LogP) is 4.34. The first kappa shape index (κ1) is 23.8. The number of nitrogens with zero attached hydrogens (tertiary/aromatic N) is 2. The molecular formula is C25H21N3O6S. The van der Waals surface area contributed by atoms with Crippen molar-refractivity contribution in [1.82, 2.24) is 9.97 Å². The molecule has 4 rings (SSSR count). The van der Waals surface area contributed by atoms with E-state index in [0.29, 0.717) is 27.3 Å². The molecule has 0 unspecified atom stereocenters. The van der Waals surface area contributed by atoms with E-state index in [2.05, 4.69) is 15.3 Å². The van der Waals surface area contributed by atoms with Gasteiger partial charge < -0.3 is 19.5 Å². The number of para-hydroxylation sites is 2. The molecule has 0 saturated heterocycles. The van der Waals surface area contributed by atoms with Crippen LogP contribution in [0.15, 0.2) is 60.1 Å². The molecule has 4 aromatic rings. The second kappa shape index (κ2) is 10.7. The minimum absolute atomic E-state index is 0.0124. The molecule has 9 nitrogen and oxygen atoms in total. The third kappa shape index (κ3) is 5.44. The first-order chi connectivity index (χ1) is 17.0. The minimum atomic E-state index is -0.783. The number of esters is 2. The van der Waals surface area contributed by atoms with Crippen molar-refractivity contribution in [1.29, 1.82) is 0 Å². The lowest BCUT2D eigenvalue weighted by Gasteiger charge is -2.09. The monoisotopic (exact) mass is 491 g/mol. The van der Waals surface area contributed by atoms with Crippen LogP contribution in [0.1, 0.15) is 27.8 Å². The molecule has 0 atom stereocenters. The molecule has 0 radical (unpaired) electrons. The van der Waals surface area contributed by atoms with E-state index < -0.39 is 24.5 Å². The van der Waals surface area contributed by atoms with Gasteiger partial charge >= 0.3 is 11.9 Å². The number of amides is 1. The van der Waals surface area contributed by atoms with Crippen LogP contribution in [0.3, 0.4) is 0 Å². The third-order valence-corrected chi connectivity index (χ3v) is 5.81. The number of benzene rings is 2. The number of thiophene rings is 1. The summed E-state index contributed by atoms with van der Waals surface area (Å²) in [5.41, 5.74) is 2.75. The Balaban J connectivity index is 1.48. The van der Waals surface area contributed by atoms with Crippen LogP contribution in [0.2, 0.25) is 0 Å². The first-order valence-corrected chi connectivity index (χ1v) is 11.5. The summed E-state index contributed by atoms with van der Waals surface area (Å²) < 4.78 is 15.5. The summed E-state index contributed by atoms with van der Waals surface area (Å²) in [6.45, 7) is 1.31. The number of hydrogen-bond donors (Lipinski definition) is 1. The number of carbonyl (C=O) groups is 3. The summed E-state index contributed by atoms with van der Waals surface area (Å²) in [5.74, 6) is -1.29. The van der Waals surface area contributed by atoms with Gasteiger partial charge in [0.15, 0.2) is 12.3 Å². The molecule has 178 valence electrons. The van der Waals surface area contributed by atoms with Crippen molar-refractivity contribution in [2.24, 2.45) is 0 Å². The number of rotatable bonds is 8. The number of nitrogens with one attached hydrogen (secondary N) is 1. The highest BCUT2D eigenvalue weighted by atomic mass is 32.1. The van der Waals surface area contributed by atoms with Gasteiger partial charge in [-0.3, -0.25) is 9.78 Å². The van der Waals surface area contributed by atoms with Crippen LogP contribution < -0.4 is 10.1 Å². The molecule has 10 heteroatoms. The van der Waals surface area contributed by atoms with Gasteiger partial charge in [0.05, 0.1) is 30.9 Å². The average Bonchev–Trinajstić information content (AvgIpc) is 3.30. The van der Waals surface area contributed by atoms with Gasteiger partial charge in [0.1, 0.15) is 16.3 Å². The van der Waals surface area contributed by atoms with Crippen LogP contribution in [0, 0.1) is 0 Å². The van der Waals surface area contributed by atoms with E-state index in [1.54, 1.807) is 49.7 Å². The van der Waals surface area contributed by atoms with Crippen molar-refractivity contribution in [3.8, 4) is 16.9 Å². The van der Waals surface area contributed by atoms with Gasteiger partial charge in [-0.1, -0.05) is 24.3 Å². The van der Waals surface area contributed by atoms with Gasteiger partial charge in [0.25, 0.3) is 5.91 Å². The molecule has 1 amide bonds. The Kier molecular flexibility index (Phi) is 7.32. The van der Waals surface area contributed by atoms with E-state index in [4.69, 9.17) is 14.2 Å².